The third kappa shape index (κ3) is 1.89. The second kappa shape index (κ2) is 4.59. The molecule has 0 radical (unpaired) electrons. The van der Waals surface area contributed by atoms with Crippen LogP contribution >= 0.6 is 0 Å². The number of imidazole rings is 1. The largest absolute Gasteiger partial charge is 0.388 e. The number of nitrogens with zero attached hydrogens (tertiary/aromatic N) is 4. The summed E-state index contributed by atoms with van der Waals surface area (Å²) >= 11 is 0. The molecule has 4 atom stereocenters. The van der Waals surface area contributed by atoms with Crippen LogP contribution in [0.4, 0.5) is 10.2 Å². The van der Waals surface area contributed by atoms with Crippen molar-refractivity contribution in [3.8, 4) is 0 Å². The lowest BCUT2D eigenvalue weighted by Gasteiger charge is -2.35. The number of hydrogen-bond acceptors (Lipinski definition) is 8. The van der Waals surface area contributed by atoms with E-state index < -0.39 is 30.6 Å². The minimum absolute atomic E-state index is 0.0302. The molecule has 2 aromatic heterocycles. The number of halogens is 1. The standard InChI is InChI=1S/C10H12FN5O4/c11-10-14-7(12)4-8(15-10)16(2-13-4)9-6(19)5(18)3(17)1-20-9/h2-3,5-6,9,17-19H,1H2,(H2,12,14,15)/t3-,5-,6+,9-/m1/s1. The lowest BCUT2D eigenvalue weighted by atomic mass is 10.0. The second-order valence-corrected chi connectivity index (χ2v) is 4.47. The monoisotopic (exact) mass is 285 g/mol. The Bertz CT molecular complexity index is 650. The van der Waals surface area contributed by atoms with E-state index in [0.717, 1.165) is 0 Å². The van der Waals surface area contributed by atoms with Crippen LogP contribution in [0, 0.1) is 6.08 Å². The molecule has 9 nitrogen and oxygen atoms in total. The molecule has 5 N–H and O–H groups in total. The van der Waals surface area contributed by atoms with Gasteiger partial charge in [-0.25, -0.2) is 4.98 Å². The molecule has 10 heteroatoms. The molecule has 0 spiro atoms. The molecule has 108 valence electrons. The highest BCUT2D eigenvalue weighted by molar-refractivity contribution is 5.81. The number of aliphatic hydroxyl groups excluding tert-OH is 3. The van der Waals surface area contributed by atoms with Crippen LogP contribution in [0.3, 0.4) is 0 Å². The minimum Gasteiger partial charge on any atom is -0.388 e. The Labute approximate surface area is 111 Å². The lowest BCUT2D eigenvalue weighted by Crippen LogP contribution is -2.50. The number of nitrogens with two attached hydrogens (primary N) is 1. The van der Waals surface area contributed by atoms with Crippen molar-refractivity contribution in [3.05, 3.63) is 12.4 Å². The number of fused-ring (bicyclic) bond motifs is 1. The SMILES string of the molecule is Nc1nc(F)nc2c1ncn2[C@@H]1OC[C@@H](O)[C@@H](O)[C@@H]1O. The molecular formula is C10H12FN5O4. The fourth-order valence-corrected chi connectivity index (χ4v) is 2.13. The molecule has 0 unspecified atom stereocenters. The summed E-state index contributed by atoms with van der Waals surface area (Å²) in [5.41, 5.74) is 5.71. The number of aliphatic hydroxyl groups is 3. The maximum absolute atomic E-state index is 13.2. The molecular weight excluding hydrogens is 273 g/mol. The third-order valence-corrected chi connectivity index (χ3v) is 3.17. The van der Waals surface area contributed by atoms with Gasteiger partial charge in [0.2, 0.25) is 0 Å². The van der Waals surface area contributed by atoms with Crippen LogP contribution in [0.25, 0.3) is 11.2 Å². The number of nitrogen functional groups attached to an aromatic ring is 1. The summed E-state index contributed by atoms with van der Waals surface area (Å²) in [6, 6.07) is 0. The number of ether oxygens (including phenoxy) is 1. The van der Waals surface area contributed by atoms with Crippen LogP contribution < -0.4 is 5.73 Å². The Hall–Kier alpha value is -1.88. The van der Waals surface area contributed by atoms with Crippen molar-refractivity contribution in [1.29, 1.82) is 0 Å². The predicted octanol–water partition coefficient (Wildman–Crippen LogP) is -1.84. The van der Waals surface area contributed by atoms with Crippen LogP contribution in [0.1, 0.15) is 6.23 Å². The molecule has 3 rings (SSSR count). The molecule has 0 bridgehead atoms. The zero-order valence-electron chi connectivity index (χ0n) is 10.1. The highest BCUT2D eigenvalue weighted by Gasteiger charge is 2.39. The van der Waals surface area contributed by atoms with Crippen LogP contribution in [0.15, 0.2) is 6.33 Å². The Morgan fingerprint density at radius 2 is 2.05 bits per heavy atom. The summed E-state index contributed by atoms with van der Waals surface area (Å²) in [6.45, 7) is -0.189. The fourth-order valence-electron chi connectivity index (χ4n) is 2.13. The summed E-state index contributed by atoms with van der Waals surface area (Å²) in [5.74, 6) is -0.142. The van der Waals surface area contributed by atoms with Gasteiger partial charge >= 0.3 is 6.08 Å². The molecule has 1 saturated heterocycles. The first kappa shape index (κ1) is 13.1. The second-order valence-electron chi connectivity index (χ2n) is 4.47. The molecule has 1 aliphatic rings. The van der Waals surface area contributed by atoms with Gasteiger partial charge in [-0.2, -0.15) is 14.4 Å². The predicted molar refractivity (Wildman–Crippen MR) is 62.7 cm³/mol. The Morgan fingerprint density at radius 3 is 2.80 bits per heavy atom. The Kier molecular flexibility index (Phi) is 3.01. The first-order valence-corrected chi connectivity index (χ1v) is 5.80. The van der Waals surface area contributed by atoms with Gasteiger partial charge in [0.25, 0.3) is 0 Å². The van der Waals surface area contributed by atoms with Gasteiger partial charge in [-0.05, 0) is 0 Å². The topological polar surface area (TPSA) is 140 Å². The van der Waals surface area contributed by atoms with E-state index >= 15 is 0 Å². The average molecular weight is 285 g/mol. The summed E-state index contributed by atoms with van der Waals surface area (Å²) < 4.78 is 19.7. The molecule has 0 amide bonds. The zero-order valence-corrected chi connectivity index (χ0v) is 10.1. The van der Waals surface area contributed by atoms with Crippen molar-refractivity contribution in [2.45, 2.75) is 24.5 Å². The summed E-state index contributed by atoms with van der Waals surface area (Å²) in [4.78, 5) is 10.8. The first-order chi connectivity index (χ1) is 9.49. The van der Waals surface area contributed by atoms with E-state index in [4.69, 9.17) is 10.5 Å². The Balaban J connectivity index is 2.06. The molecule has 20 heavy (non-hydrogen) atoms. The van der Waals surface area contributed by atoms with Crippen molar-refractivity contribution >= 4 is 17.0 Å². The maximum Gasteiger partial charge on any atom is 0.312 e. The first-order valence-electron chi connectivity index (χ1n) is 5.80. The number of rotatable bonds is 1. The molecule has 0 saturated carbocycles. The molecule has 0 aromatic carbocycles. The molecule has 1 fully saturated rings. The smallest absolute Gasteiger partial charge is 0.312 e. The van der Waals surface area contributed by atoms with E-state index in [9.17, 15) is 19.7 Å². The van der Waals surface area contributed by atoms with E-state index in [1.807, 2.05) is 0 Å². The summed E-state index contributed by atoms with van der Waals surface area (Å²) in [7, 11) is 0. The zero-order chi connectivity index (χ0) is 14.4. The van der Waals surface area contributed by atoms with Gasteiger partial charge in [0.05, 0.1) is 12.9 Å². The minimum atomic E-state index is -1.42. The van der Waals surface area contributed by atoms with Crippen molar-refractivity contribution < 1.29 is 24.4 Å². The van der Waals surface area contributed by atoms with E-state index in [0.29, 0.717) is 0 Å². The highest BCUT2D eigenvalue weighted by atomic mass is 19.1. The Morgan fingerprint density at radius 1 is 1.30 bits per heavy atom. The van der Waals surface area contributed by atoms with Gasteiger partial charge in [-0.15, -0.1) is 0 Å². The van der Waals surface area contributed by atoms with E-state index in [1.54, 1.807) is 0 Å². The van der Waals surface area contributed by atoms with E-state index in [-0.39, 0.29) is 23.6 Å². The molecule has 1 aliphatic heterocycles. The summed E-state index contributed by atoms with van der Waals surface area (Å²) in [6.07, 6.45) is -4.87. The van der Waals surface area contributed by atoms with Crippen molar-refractivity contribution in [2.24, 2.45) is 0 Å². The molecule has 2 aromatic rings. The van der Waals surface area contributed by atoms with Gasteiger partial charge in [0.15, 0.2) is 23.2 Å². The van der Waals surface area contributed by atoms with Crippen LogP contribution in [-0.2, 0) is 4.74 Å². The van der Waals surface area contributed by atoms with Crippen LogP contribution in [0.5, 0.6) is 0 Å². The van der Waals surface area contributed by atoms with Gasteiger partial charge < -0.3 is 25.8 Å². The van der Waals surface area contributed by atoms with Crippen LogP contribution in [0.2, 0.25) is 0 Å². The van der Waals surface area contributed by atoms with Crippen molar-refractivity contribution in [2.75, 3.05) is 12.3 Å². The van der Waals surface area contributed by atoms with Gasteiger partial charge in [-0.1, -0.05) is 0 Å². The van der Waals surface area contributed by atoms with Crippen molar-refractivity contribution in [3.63, 3.8) is 0 Å². The molecule has 3 heterocycles. The van der Waals surface area contributed by atoms with Gasteiger partial charge in [0.1, 0.15) is 18.3 Å². The quantitative estimate of drug-likeness (QED) is 0.448. The normalized spacial score (nSPS) is 30.8. The highest BCUT2D eigenvalue weighted by Crippen LogP contribution is 2.27. The maximum atomic E-state index is 13.2. The fraction of sp³-hybridized carbons (Fsp3) is 0.500. The number of aromatic nitrogens is 4. The number of hydrogen-bond donors (Lipinski definition) is 4. The van der Waals surface area contributed by atoms with Gasteiger partial charge in [-0.3, -0.25) is 4.57 Å². The lowest BCUT2D eigenvalue weighted by molar-refractivity contribution is -0.210. The number of anilines is 1. The van der Waals surface area contributed by atoms with Crippen LogP contribution in [-0.4, -0.2) is 59.8 Å². The third-order valence-electron chi connectivity index (χ3n) is 3.17. The average Bonchev–Trinajstić information content (AvgIpc) is 2.80. The van der Waals surface area contributed by atoms with E-state index in [2.05, 4.69) is 15.0 Å². The van der Waals surface area contributed by atoms with Crippen molar-refractivity contribution in [1.82, 2.24) is 19.5 Å². The van der Waals surface area contributed by atoms with E-state index in [1.165, 1.54) is 10.9 Å². The van der Waals surface area contributed by atoms with Gasteiger partial charge in [0, 0.05) is 0 Å². The summed E-state index contributed by atoms with van der Waals surface area (Å²) in [5, 5.41) is 29.0. The molecule has 0 aliphatic carbocycles.